The number of halogens is 2. The summed E-state index contributed by atoms with van der Waals surface area (Å²) in [5.41, 5.74) is 0.784. The van der Waals surface area contributed by atoms with E-state index in [1.807, 2.05) is 6.07 Å². The molecule has 1 heterocycles. The van der Waals surface area contributed by atoms with Gasteiger partial charge in [0, 0.05) is 29.2 Å². The summed E-state index contributed by atoms with van der Waals surface area (Å²) in [6.45, 7) is 2.02. The first kappa shape index (κ1) is 13.3. The maximum atomic E-state index is 14.1. The van der Waals surface area contributed by atoms with Gasteiger partial charge in [0.1, 0.15) is 5.82 Å². The van der Waals surface area contributed by atoms with Crippen LogP contribution in [0.4, 0.5) is 4.39 Å². The van der Waals surface area contributed by atoms with E-state index in [1.54, 1.807) is 6.07 Å². The van der Waals surface area contributed by atoms with E-state index in [4.69, 9.17) is 11.6 Å². The minimum atomic E-state index is -0.178. The number of rotatable bonds is 4. The first-order valence-corrected chi connectivity index (χ1v) is 7.41. The molecule has 1 aromatic rings. The molecule has 2 fully saturated rings. The van der Waals surface area contributed by atoms with Crippen molar-refractivity contribution in [3.63, 3.8) is 0 Å². The van der Waals surface area contributed by atoms with Gasteiger partial charge in [0.25, 0.3) is 0 Å². The van der Waals surface area contributed by atoms with Gasteiger partial charge >= 0.3 is 0 Å². The number of nitrogens with one attached hydrogen (secondary N) is 1. The first-order valence-electron chi connectivity index (χ1n) is 7.03. The monoisotopic (exact) mass is 282 g/mol. The van der Waals surface area contributed by atoms with Gasteiger partial charge in [-0.05, 0) is 50.9 Å². The summed E-state index contributed by atoms with van der Waals surface area (Å²) >= 11 is 5.84. The second kappa shape index (κ2) is 5.39. The summed E-state index contributed by atoms with van der Waals surface area (Å²) in [5.74, 6) is 0.309. The second-order valence-electron chi connectivity index (χ2n) is 5.82. The maximum absolute atomic E-state index is 14.1. The third-order valence-corrected chi connectivity index (χ3v) is 4.54. The quantitative estimate of drug-likeness (QED) is 0.912. The third-order valence-electron chi connectivity index (χ3n) is 4.30. The maximum Gasteiger partial charge on any atom is 0.129 e. The lowest BCUT2D eigenvalue weighted by Crippen LogP contribution is -2.30. The average Bonchev–Trinajstić information content (AvgIpc) is 3.12. The first-order chi connectivity index (χ1) is 9.15. The van der Waals surface area contributed by atoms with Gasteiger partial charge in [0.05, 0.1) is 0 Å². The Labute approximate surface area is 118 Å². The molecule has 2 nitrogen and oxygen atoms in total. The molecular weight excluding hydrogens is 263 g/mol. The fourth-order valence-corrected chi connectivity index (χ4v) is 3.24. The SMILES string of the molecule is CN1CCC(CNC2CC2)C1c1ccc(Cl)cc1F. The van der Waals surface area contributed by atoms with Crippen LogP contribution in [-0.2, 0) is 0 Å². The van der Waals surface area contributed by atoms with Crippen LogP contribution >= 0.6 is 11.6 Å². The highest BCUT2D eigenvalue weighted by molar-refractivity contribution is 6.30. The Morgan fingerprint density at radius 3 is 2.84 bits per heavy atom. The molecule has 3 rings (SSSR count). The Hall–Kier alpha value is -0.640. The highest BCUT2D eigenvalue weighted by Gasteiger charge is 2.35. The van der Waals surface area contributed by atoms with E-state index in [1.165, 1.54) is 18.9 Å². The highest BCUT2D eigenvalue weighted by Crippen LogP contribution is 2.38. The normalized spacial score (nSPS) is 27.9. The molecule has 1 aliphatic carbocycles. The van der Waals surface area contributed by atoms with Crippen LogP contribution in [0.5, 0.6) is 0 Å². The van der Waals surface area contributed by atoms with E-state index in [0.717, 1.165) is 25.1 Å². The molecule has 2 unspecified atom stereocenters. The van der Waals surface area contributed by atoms with Crippen molar-refractivity contribution in [2.45, 2.75) is 31.3 Å². The number of hydrogen-bond acceptors (Lipinski definition) is 2. The molecule has 19 heavy (non-hydrogen) atoms. The van der Waals surface area contributed by atoms with Crippen LogP contribution in [0.15, 0.2) is 18.2 Å². The summed E-state index contributed by atoms with van der Waals surface area (Å²) in [6, 6.07) is 5.94. The third kappa shape index (κ3) is 2.93. The molecule has 1 N–H and O–H groups in total. The van der Waals surface area contributed by atoms with Gasteiger partial charge in [-0.1, -0.05) is 17.7 Å². The molecular formula is C15H20ClFN2. The second-order valence-corrected chi connectivity index (χ2v) is 6.26. The van der Waals surface area contributed by atoms with Gasteiger partial charge in [0.15, 0.2) is 0 Å². The Balaban J connectivity index is 1.77. The van der Waals surface area contributed by atoms with Gasteiger partial charge in [0.2, 0.25) is 0 Å². The summed E-state index contributed by atoms with van der Waals surface area (Å²) in [7, 11) is 2.08. The Bertz CT molecular complexity index is 461. The van der Waals surface area contributed by atoms with Crippen LogP contribution in [0, 0.1) is 11.7 Å². The van der Waals surface area contributed by atoms with Crippen LogP contribution in [0.1, 0.15) is 30.9 Å². The average molecular weight is 283 g/mol. The Kier molecular flexibility index (Phi) is 3.79. The topological polar surface area (TPSA) is 15.3 Å². The van der Waals surface area contributed by atoms with Crippen LogP contribution in [0.25, 0.3) is 0 Å². The summed E-state index contributed by atoms with van der Waals surface area (Å²) in [6.07, 6.45) is 3.72. The van der Waals surface area contributed by atoms with Crippen molar-refractivity contribution in [1.82, 2.24) is 10.2 Å². The lowest BCUT2D eigenvalue weighted by molar-refractivity contribution is 0.265. The van der Waals surface area contributed by atoms with Gasteiger partial charge in [-0.25, -0.2) is 4.39 Å². The summed E-state index contributed by atoms with van der Waals surface area (Å²) in [5, 5.41) is 4.04. The molecule has 0 bridgehead atoms. The zero-order chi connectivity index (χ0) is 13.4. The number of nitrogens with zero attached hydrogens (tertiary/aromatic N) is 1. The van der Waals surface area contributed by atoms with E-state index in [-0.39, 0.29) is 11.9 Å². The summed E-state index contributed by atoms with van der Waals surface area (Å²) in [4.78, 5) is 2.26. The van der Waals surface area contributed by atoms with Crippen molar-refractivity contribution in [3.8, 4) is 0 Å². The number of likely N-dealkylation sites (tertiary alicyclic amines) is 1. The number of benzene rings is 1. The largest absolute Gasteiger partial charge is 0.314 e. The number of hydrogen-bond donors (Lipinski definition) is 1. The van der Waals surface area contributed by atoms with Crippen LogP contribution in [0.2, 0.25) is 5.02 Å². The molecule has 4 heteroatoms. The van der Waals surface area contributed by atoms with E-state index in [9.17, 15) is 4.39 Å². The molecule has 104 valence electrons. The zero-order valence-corrected chi connectivity index (χ0v) is 12.0. The van der Waals surface area contributed by atoms with E-state index in [2.05, 4.69) is 17.3 Å². The van der Waals surface area contributed by atoms with Crippen LogP contribution < -0.4 is 5.32 Å². The van der Waals surface area contributed by atoms with Crippen molar-refractivity contribution in [3.05, 3.63) is 34.6 Å². The van der Waals surface area contributed by atoms with Crippen molar-refractivity contribution in [1.29, 1.82) is 0 Å². The predicted octanol–water partition coefficient (Wildman–Crippen LogP) is 3.22. The molecule has 0 spiro atoms. The molecule has 0 aromatic heterocycles. The lowest BCUT2D eigenvalue weighted by Gasteiger charge is -2.26. The smallest absolute Gasteiger partial charge is 0.129 e. The fourth-order valence-electron chi connectivity index (χ4n) is 3.08. The van der Waals surface area contributed by atoms with Crippen LogP contribution in [0.3, 0.4) is 0 Å². The van der Waals surface area contributed by atoms with E-state index in [0.29, 0.717) is 17.0 Å². The molecule has 2 atom stereocenters. The van der Waals surface area contributed by atoms with Gasteiger partial charge < -0.3 is 5.32 Å². The minimum Gasteiger partial charge on any atom is -0.314 e. The van der Waals surface area contributed by atoms with E-state index >= 15 is 0 Å². The van der Waals surface area contributed by atoms with Crippen molar-refractivity contribution < 1.29 is 4.39 Å². The standard InChI is InChI=1S/C15H20ClFN2/c1-19-7-6-10(9-18-12-3-4-12)15(19)13-5-2-11(16)8-14(13)17/h2,5,8,10,12,15,18H,3-4,6-7,9H2,1H3. The van der Waals surface area contributed by atoms with Crippen molar-refractivity contribution in [2.24, 2.45) is 5.92 Å². The zero-order valence-electron chi connectivity index (χ0n) is 11.2. The van der Waals surface area contributed by atoms with Crippen molar-refractivity contribution in [2.75, 3.05) is 20.1 Å². The Morgan fingerprint density at radius 1 is 1.37 bits per heavy atom. The molecule has 1 saturated heterocycles. The summed E-state index contributed by atoms with van der Waals surface area (Å²) < 4.78 is 14.1. The fraction of sp³-hybridized carbons (Fsp3) is 0.600. The van der Waals surface area contributed by atoms with Gasteiger partial charge in [-0.2, -0.15) is 0 Å². The Morgan fingerprint density at radius 2 is 2.16 bits per heavy atom. The van der Waals surface area contributed by atoms with Gasteiger partial charge in [-0.15, -0.1) is 0 Å². The minimum absolute atomic E-state index is 0.170. The highest BCUT2D eigenvalue weighted by atomic mass is 35.5. The lowest BCUT2D eigenvalue weighted by atomic mass is 9.93. The predicted molar refractivity (Wildman–Crippen MR) is 75.9 cm³/mol. The molecule has 0 radical (unpaired) electrons. The molecule has 1 saturated carbocycles. The van der Waals surface area contributed by atoms with Gasteiger partial charge in [-0.3, -0.25) is 4.90 Å². The van der Waals surface area contributed by atoms with E-state index < -0.39 is 0 Å². The molecule has 0 amide bonds. The molecule has 1 aliphatic heterocycles. The molecule has 2 aliphatic rings. The van der Waals surface area contributed by atoms with Crippen LogP contribution in [-0.4, -0.2) is 31.1 Å². The molecule has 1 aromatic carbocycles. The van der Waals surface area contributed by atoms with Crippen molar-refractivity contribution >= 4 is 11.6 Å².